The number of anilines is 1. The van der Waals surface area contributed by atoms with Crippen molar-refractivity contribution in [2.45, 2.75) is 95.5 Å². The van der Waals surface area contributed by atoms with Crippen LogP contribution < -0.4 is 4.90 Å². The number of aromatic amines is 1. The second-order valence-corrected chi connectivity index (χ2v) is 12.2. The zero-order valence-corrected chi connectivity index (χ0v) is 23.1. The molecule has 1 amide bonds. The molecule has 0 aromatic carbocycles. The molecule has 0 radical (unpaired) electrons. The van der Waals surface area contributed by atoms with Crippen molar-refractivity contribution in [1.82, 2.24) is 25.1 Å². The van der Waals surface area contributed by atoms with Crippen LogP contribution in [0.2, 0.25) is 0 Å². The first kappa shape index (κ1) is 25.6. The summed E-state index contributed by atoms with van der Waals surface area (Å²) in [6.07, 6.45) is 8.60. The lowest BCUT2D eigenvalue weighted by Crippen LogP contribution is -2.54. The Bertz CT molecular complexity index is 1190. The summed E-state index contributed by atoms with van der Waals surface area (Å²) >= 11 is 0. The molecule has 1 saturated carbocycles. The lowest BCUT2D eigenvalue weighted by molar-refractivity contribution is -0.227. The van der Waals surface area contributed by atoms with E-state index >= 15 is 0 Å². The van der Waals surface area contributed by atoms with Gasteiger partial charge < -0.3 is 24.0 Å². The predicted octanol–water partition coefficient (Wildman–Crippen LogP) is 4.20. The van der Waals surface area contributed by atoms with Crippen molar-refractivity contribution in [3.8, 4) is 11.4 Å². The molecule has 2 atom stereocenters. The van der Waals surface area contributed by atoms with E-state index < -0.39 is 11.4 Å². The van der Waals surface area contributed by atoms with Gasteiger partial charge in [-0.1, -0.05) is 6.42 Å². The molecule has 0 bridgehead atoms. The molecule has 2 aromatic heterocycles. The number of nitrogens with zero attached hydrogens (tertiary/aromatic N) is 5. The molecule has 6 rings (SSSR count). The van der Waals surface area contributed by atoms with Crippen LogP contribution in [0, 0.1) is 0 Å². The summed E-state index contributed by atoms with van der Waals surface area (Å²) < 4.78 is 18.3. The van der Waals surface area contributed by atoms with Crippen molar-refractivity contribution < 1.29 is 19.0 Å². The van der Waals surface area contributed by atoms with Crippen LogP contribution in [0.5, 0.6) is 0 Å². The van der Waals surface area contributed by atoms with Gasteiger partial charge in [-0.2, -0.15) is 5.10 Å². The lowest BCUT2D eigenvalue weighted by atomic mass is 9.67. The van der Waals surface area contributed by atoms with E-state index in [-0.39, 0.29) is 17.6 Å². The fourth-order valence-corrected chi connectivity index (χ4v) is 6.97. The van der Waals surface area contributed by atoms with Gasteiger partial charge in [-0.05, 0) is 65.9 Å². The summed E-state index contributed by atoms with van der Waals surface area (Å²) in [7, 11) is 0. The van der Waals surface area contributed by atoms with E-state index in [1.807, 2.05) is 33.0 Å². The standard InChI is InChI=1S/C28H40N6O4/c1-19-18-33(25(35)38-26(2,3)4)14-7-15-34(19)24-29-13-9-21(30-24)22-20-8-12-27(23(20)32-31-22)10-5-6-11-28(27)36-16-17-37-28/h9,13,19H,5-8,10-12,14-18H2,1-4H3,(H,31,32)/t19-,27?/m0/s1. The second kappa shape index (κ2) is 9.48. The third-order valence-corrected chi connectivity index (χ3v) is 8.63. The molecule has 1 N–H and O–H groups in total. The monoisotopic (exact) mass is 524 g/mol. The third kappa shape index (κ3) is 4.25. The molecule has 2 aliphatic carbocycles. The van der Waals surface area contributed by atoms with Crippen LogP contribution in [0.3, 0.4) is 0 Å². The molecule has 4 aliphatic rings. The normalized spacial score (nSPS) is 27.1. The van der Waals surface area contributed by atoms with E-state index in [4.69, 9.17) is 24.3 Å². The molecule has 38 heavy (non-hydrogen) atoms. The fourth-order valence-electron chi connectivity index (χ4n) is 6.97. The van der Waals surface area contributed by atoms with E-state index in [2.05, 4.69) is 21.9 Å². The smallest absolute Gasteiger partial charge is 0.410 e. The Balaban J connectivity index is 1.25. The first-order chi connectivity index (χ1) is 18.2. The summed E-state index contributed by atoms with van der Waals surface area (Å²) in [5.74, 6) is 0.139. The van der Waals surface area contributed by atoms with Crippen LogP contribution in [0.4, 0.5) is 10.7 Å². The van der Waals surface area contributed by atoms with Gasteiger partial charge in [0, 0.05) is 43.9 Å². The van der Waals surface area contributed by atoms with E-state index in [1.54, 1.807) is 4.90 Å². The maximum atomic E-state index is 12.7. The van der Waals surface area contributed by atoms with Gasteiger partial charge in [-0.15, -0.1) is 0 Å². The summed E-state index contributed by atoms with van der Waals surface area (Å²) in [5.41, 5.74) is 3.45. The van der Waals surface area contributed by atoms with Crippen LogP contribution >= 0.6 is 0 Å². The average Bonchev–Trinajstić information content (AvgIpc) is 3.57. The Morgan fingerprint density at radius 2 is 1.92 bits per heavy atom. The van der Waals surface area contributed by atoms with Gasteiger partial charge in [-0.25, -0.2) is 14.8 Å². The van der Waals surface area contributed by atoms with Crippen molar-refractivity contribution >= 4 is 12.0 Å². The van der Waals surface area contributed by atoms with Crippen LogP contribution in [0.25, 0.3) is 11.4 Å². The van der Waals surface area contributed by atoms with Crippen molar-refractivity contribution in [3.05, 3.63) is 23.5 Å². The van der Waals surface area contributed by atoms with Gasteiger partial charge in [-0.3, -0.25) is 5.10 Å². The number of fused-ring (bicyclic) bond motifs is 3. The minimum atomic E-state index is -0.529. The highest BCUT2D eigenvalue weighted by Gasteiger charge is 2.61. The Morgan fingerprint density at radius 3 is 2.71 bits per heavy atom. The molecule has 206 valence electrons. The Kier molecular flexibility index (Phi) is 6.38. The average molecular weight is 525 g/mol. The summed E-state index contributed by atoms with van der Waals surface area (Å²) in [4.78, 5) is 26.3. The molecule has 10 nitrogen and oxygen atoms in total. The number of nitrogens with one attached hydrogen (secondary N) is 1. The molecule has 2 aromatic rings. The maximum absolute atomic E-state index is 12.7. The molecule has 10 heteroatoms. The summed E-state index contributed by atoms with van der Waals surface area (Å²) in [6.45, 7) is 11.1. The van der Waals surface area contributed by atoms with Crippen LogP contribution in [0.15, 0.2) is 12.3 Å². The number of hydrogen-bond acceptors (Lipinski definition) is 8. The minimum absolute atomic E-state index is 0.0483. The third-order valence-electron chi connectivity index (χ3n) is 8.63. The second-order valence-electron chi connectivity index (χ2n) is 12.2. The van der Waals surface area contributed by atoms with Gasteiger partial charge in [0.1, 0.15) is 11.3 Å². The van der Waals surface area contributed by atoms with Gasteiger partial charge in [0.25, 0.3) is 0 Å². The number of ether oxygens (including phenoxy) is 3. The molecule has 2 spiro atoms. The van der Waals surface area contributed by atoms with Gasteiger partial charge in [0.05, 0.1) is 30.0 Å². The molecule has 3 fully saturated rings. The highest BCUT2D eigenvalue weighted by molar-refractivity contribution is 5.68. The van der Waals surface area contributed by atoms with E-state index in [9.17, 15) is 4.79 Å². The van der Waals surface area contributed by atoms with Crippen molar-refractivity contribution in [3.63, 3.8) is 0 Å². The number of rotatable bonds is 2. The van der Waals surface area contributed by atoms with Crippen LogP contribution in [-0.2, 0) is 26.0 Å². The zero-order valence-electron chi connectivity index (χ0n) is 23.1. The van der Waals surface area contributed by atoms with Gasteiger partial charge in [0.2, 0.25) is 5.95 Å². The summed E-state index contributed by atoms with van der Waals surface area (Å²) in [5, 5.41) is 8.20. The Hall–Kier alpha value is -2.72. The number of carbonyl (C=O) groups is 1. The molecule has 2 aliphatic heterocycles. The molecule has 4 heterocycles. The predicted molar refractivity (Wildman–Crippen MR) is 142 cm³/mol. The van der Waals surface area contributed by atoms with E-state index in [0.29, 0.717) is 32.3 Å². The van der Waals surface area contributed by atoms with Crippen LogP contribution in [-0.4, -0.2) is 81.4 Å². The van der Waals surface area contributed by atoms with E-state index in [1.165, 1.54) is 17.7 Å². The fraction of sp³-hybridized carbons (Fsp3) is 0.714. The first-order valence-electron chi connectivity index (χ1n) is 14.2. The molecule has 2 saturated heterocycles. The van der Waals surface area contributed by atoms with Crippen molar-refractivity contribution in [2.24, 2.45) is 0 Å². The largest absolute Gasteiger partial charge is 0.444 e. The maximum Gasteiger partial charge on any atom is 0.410 e. The Morgan fingerprint density at radius 1 is 1.13 bits per heavy atom. The SMILES string of the molecule is C[C@H]1CN(C(=O)OC(C)(C)C)CCCN1c1nccc(-c2n[nH]c3c2CCC32CCCCC23OCCO3)n1. The number of amides is 1. The number of carbonyl (C=O) groups excluding carboxylic acids is 1. The number of hydrogen-bond donors (Lipinski definition) is 1. The first-order valence-corrected chi connectivity index (χ1v) is 14.2. The van der Waals surface area contributed by atoms with E-state index in [0.717, 1.165) is 56.5 Å². The number of H-pyrrole nitrogens is 1. The lowest BCUT2D eigenvalue weighted by Gasteiger charge is -2.47. The minimum Gasteiger partial charge on any atom is -0.444 e. The zero-order chi connectivity index (χ0) is 26.5. The highest BCUT2D eigenvalue weighted by Crippen LogP contribution is 2.57. The Labute approximate surface area is 224 Å². The van der Waals surface area contributed by atoms with Crippen molar-refractivity contribution in [2.75, 3.05) is 37.7 Å². The van der Waals surface area contributed by atoms with Gasteiger partial charge >= 0.3 is 6.09 Å². The molecular formula is C28H40N6O4. The van der Waals surface area contributed by atoms with Crippen molar-refractivity contribution in [1.29, 1.82) is 0 Å². The molecule has 1 unspecified atom stereocenters. The summed E-state index contributed by atoms with van der Waals surface area (Å²) in [6, 6.07) is 1.99. The quantitative estimate of drug-likeness (QED) is 0.623. The number of aromatic nitrogens is 4. The van der Waals surface area contributed by atoms with Crippen LogP contribution in [0.1, 0.15) is 77.5 Å². The highest BCUT2D eigenvalue weighted by atomic mass is 16.7. The van der Waals surface area contributed by atoms with Gasteiger partial charge in [0.15, 0.2) is 5.79 Å². The topological polar surface area (TPSA) is 106 Å². The molecular weight excluding hydrogens is 484 g/mol.